The summed E-state index contributed by atoms with van der Waals surface area (Å²) in [4.78, 5) is 17.0. The van der Waals surface area contributed by atoms with Crippen LogP contribution in [0.1, 0.15) is 0 Å². The van der Waals surface area contributed by atoms with Gasteiger partial charge in [-0.25, -0.2) is 19.9 Å². The molecule has 0 aliphatic carbocycles. The van der Waals surface area contributed by atoms with Gasteiger partial charge in [-0.1, -0.05) is 30.3 Å². The highest BCUT2D eigenvalue weighted by Gasteiger charge is 2.07. The summed E-state index contributed by atoms with van der Waals surface area (Å²) in [6.07, 6.45) is 3.02. The van der Waals surface area contributed by atoms with Crippen molar-refractivity contribution in [1.29, 1.82) is 0 Å². The average Bonchev–Trinajstić information content (AvgIpc) is 2.53. The summed E-state index contributed by atoms with van der Waals surface area (Å²) in [6.45, 7) is 0. The predicted octanol–water partition coefficient (Wildman–Crippen LogP) is 3.24. The zero-order valence-electron chi connectivity index (χ0n) is 10.6. The predicted molar refractivity (Wildman–Crippen MR) is 78.1 cm³/mol. The highest BCUT2D eigenvalue weighted by Crippen LogP contribution is 2.27. The van der Waals surface area contributed by atoms with Gasteiger partial charge in [-0.3, -0.25) is 0 Å². The Kier molecular flexibility index (Phi) is 2.39. The van der Waals surface area contributed by atoms with E-state index >= 15 is 0 Å². The molecule has 0 fully saturated rings. The Morgan fingerprint density at radius 1 is 0.750 bits per heavy atom. The van der Waals surface area contributed by atoms with E-state index in [1.54, 1.807) is 0 Å². The average molecular weight is 258 g/mol. The van der Waals surface area contributed by atoms with E-state index in [2.05, 4.69) is 27.1 Å². The van der Waals surface area contributed by atoms with E-state index in [0.29, 0.717) is 5.82 Å². The van der Waals surface area contributed by atoms with Crippen LogP contribution in [0.4, 0.5) is 0 Å². The van der Waals surface area contributed by atoms with Gasteiger partial charge in [0.05, 0.1) is 11.0 Å². The molecule has 4 nitrogen and oxygen atoms in total. The summed E-state index contributed by atoms with van der Waals surface area (Å²) in [5.74, 6) is 0.669. The second-order valence-corrected chi connectivity index (χ2v) is 4.52. The molecule has 0 spiro atoms. The van der Waals surface area contributed by atoms with Gasteiger partial charge in [-0.05, 0) is 18.2 Å². The standard InChI is InChI=1S/C16H10N4/c1-2-6-14-11(4-1)8-13-12(5-3-7-15(13)20-14)16-18-9-17-10-19-16/h1-10H. The minimum absolute atomic E-state index is 0.669. The van der Waals surface area contributed by atoms with Crippen molar-refractivity contribution in [2.24, 2.45) is 0 Å². The van der Waals surface area contributed by atoms with Crippen molar-refractivity contribution in [2.45, 2.75) is 0 Å². The summed E-state index contributed by atoms with van der Waals surface area (Å²) in [7, 11) is 0. The van der Waals surface area contributed by atoms with Gasteiger partial charge >= 0.3 is 0 Å². The van der Waals surface area contributed by atoms with Crippen LogP contribution in [0.25, 0.3) is 33.2 Å². The molecule has 0 N–H and O–H groups in total. The molecule has 0 amide bonds. The molecule has 0 radical (unpaired) electrons. The first-order valence-electron chi connectivity index (χ1n) is 6.33. The molecule has 94 valence electrons. The number of rotatable bonds is 1. The number of hydrogen-bond donors (Lipinski definition) is 0. The molecule has 0 saturated carbocycles. The maximum Gasteiger partial charge on any atom is 0.163 e. The number of fused-ring (bicyclic) bond motifs is 2. The normalized spacial score (nSPS) is 11.0. The second kappa shape index (κ2) is 4.35. The minimum atomic E-state index is 0.669. The van der Waals surface area contributed by atoms with Crippen LogP contribution in [-0.4, -0.2) is 19.9 Å². The fourth-order valence-corrected chi connectivity index (χ4v) is 2.37. The summed E-state index contributed by atoms with van der Waals surface area (Å²) in [5, 5.41) is 2.17. The van der Waals surface area contributed by atoms with Gasteiger partial charge in [0.15, 0.2) is 5.82 Å². The van der Waals surface area contributed by atoms with Crippen LogP contribution in [0.15, 0.2) is 61.2 Å². The van der Waals surface area contributed by atoms with Crippen LogP contribution in [-0.2, 0) is 0 Å². The molecule has 0 aliphatic rings. The maximum absolute atomic E-state index is 4.69. The highest BCUT2D eigenvalue weighted by molar-refractivity contribution is 5.99. The van der Waals surface area contributed by atoms with Gasteiger partial charge < -0.3 is 0 Å². The Morgan fingerprint density at radius 3 is 2.45 bits per heavy atom. The molecule has 20 heavy (non-hydrogen) atoms. The summed E-state index contributed by atoms with van der Waals surface area (Å²) < 4.78 is 0. The molecule has 4 heteroatoms. The molecular formula is C16H10N4. The van der Waals surface area contributed by atoms with Crippen LogP contribution < -0.4 is 0 Å². The molecule has 0 bridgehead atoms. The zero-order valence-corrected chi connectivity index (χ0v) is 10.6. The Labute approximate surface area is 115 Å². The maximum atomic E-state index is 4.69. The number of hydrogen-bond acceptors (Lipinski definition) is 4. The fraction of sp³-hybridized carbons (Fsp3) is 0. The van der Waals surface area contributed by atoms with Crippen molar-refractivity contribution >= 4 is 21.8 Å². The number of pyridine rings is 1. The SMILES string of the molecule is c1ccc2nc3cccc(-c4ncncn4)c3cc2c1. The lowest BCUT2D eigenvalue weighted by molar-refractivity contribution is 1.06. The van der Waals surface area contributed by atoms with E-state index in [4.69, 9.17) is 4.98 Å². The first-order chi connectivity index (χ1) is 9.92. The van der Waals surface area contributed by atoms with Crippen molar-refractivity contribution in [3.8, 4) is 11.4 Å². The quantitative estimate of drug-likeness (QED) is 0.492. The van der Waals surface area contributed by atoms with Crippen LogP contribution in [0.2, 0.25) is 0 Å². The molecule has 0 saturated heterocycles. The van der Waals surface area contributed by atoms with Crippen LogP contribution in [0.3, 0.4) is 0 Å². The van der Waals surface area contributed by atoms with Crippen LogP contribution in [0, 0.1) is 0 Å². The molecule has 2 heterocycles. The molecule has 4 aromatic rings. The lowest BCUT2D eigenvalue weighted by atomic mass is 10.1. The number of nitrogens with zero attached hydrogens (tertiary/aromatic N) is 4. The monoisotopic (exact) mass is 258 g/mol. The third-order valence-corrected chi connectivity index (χ3v) is 3.29. The van der Waals surface area contributed by atoms with Gasteiger partial charge in [0.2, 0.25) is 0 Å². The summed E-state index contributed by atoms with van der Waals surface area (Å²) in [5.41, 5.74) is 2.91. The van der Waals surface area contributed by atoms with E-state index < -0.39 is 0 Å². The lowest BCUT2D eigenvalue weighted by Crippen LogP contribution is -1.91. The Morgan fingerprint density at radius 2 is 1.55 bits per heavy atom. The molecule has 4 rings (SSSR count). The van der Waals surface area contributed by atoms with Gasteiger partial charge in [-0.15, -0.1) is 0 Å². The zero-order chi connectivity index (χ0) is 13.4. The van der Waals surface area contributed by atoms with Crippen molar-refractivity contribution in [3.05, 3.63) is 61.2 Å². The van der Waals surface area contributed by atoms with Crippen molar-refractivity contribution in [2.75, 3.05) is 0 Å². The van der Waals surface area contributed by atoms with E-state index in [1.165, 1.54) is 12.7 Å². The highest BCUT2D eigenvalue weighted by atomic mass is 15.0. The molecule has 2 aromatic carbocycles. The summed E-state index contributed by atoms with van der Waals surface area (Å²) >= 11 is 0. The first-order valence-corrected chi connectivity index (χ1v) is 6.33. The van der Waals surface area contributed by atoms with Gasteiger partial charge in [-0.2, -0.15) is 0 Å². The van der Waals surface area contributed by atoms with E-state index in [1.807, 2.05) is 36.4 Å². The Balaban J connectivity index is 2.09. The van der Waals surface area contributed by atoms with Crippen molar-refractivity contribution in [1.82, 2.24) is 19.9 Å². The third-order valence-electron chi connectivity index (χ3n) is 3.29. The molecular weight excluding hydrogens is 248 g/mol. The van der Waals surface area contributed by atoms with E-state index in [0.717, 1.165) is 27.4 Å². The smallest absolute Gasteiger partial charge is 0.163 e. The van der Waals surface area contributed by atoms with Crippen molar-refractivity contribution < 1.29 is 0 Å². The summed E-state index contributed by atoms with van der Waals surface area (Å²) in [6, 6.07) is 16.2. The Bertz CT molecular complexity index is 904. The third kappa shape index (κ3) is 1.70. The van der Waals surface area contributed by atoms with Gasteiger partial charge in [0.1, 0.15) is 12.7 Å². The second-order valence-electron chi connectivity index (χ2n) is 4.52. The minimum Gasteiger partial charge on any atom is -0.248 e. The van der Waals surface area contributed by atoms with E-state index in [9.17, 15) is 0 Å². The van der Waals surface area contributed by atoms with Crippen molar-refractivity contribution in [3.63, 3.8) is 0 Å². The number of aromatic nitrogens is 4. The largest absolute Gasteiger partial charge is 0.248 e. The van der Waals surface area contributed by atoms with Crippen LogP contribution >= 0.6 is 0 Å². The molecule has 0 atom stereocenters. The number of para-hydroxylation sites is 1. The van der Waals surface area contributed by atoms with Gasteiger partial charge in [0, 0.05) is 16.3 Å². The lowest BCUT2D eigenvalue weighted by Gasteiger charge is -2.06. The first kappa shape index (κ1) is 11.0. The molecule has 2 aromatic heterocycles. The Hall–Kier alpha value is -2.88. The molecule has 0 unspecified atom stereocenters. The molecule has 0 aliphatic heterocycles. The fourth-order valence-electron chi connectivity index (χ4n) is 2.37. The number of benzene rings is 2. The van der Waals surface area contributed by atoms with Gasteiger partial charge in [0.25, 0.3) is 0 Å². The topological polar surface area (TPSA) is 51.6 Å². The van der Waals surface area contributed by atoms with E-state index in [-0.39, 0.29) is 0 Å². The van der Waals surface area contributed by atoms with Crippen LogP contribution in [0.5, 0.6) is 0 Å².